The second kappa shape index (κ2) is 13.7. The number of nitrogens with zero attached hydrogens (tertiary/aromatic N) is 2. The van der Waals surface area contributed by atoms with E-state index in [0.29, 0.717) is 37.8 Å². The summed E-state index contributed by atoms with van der Waals surface area (Å²) in [6, 6.07) is 4.93. The lowest BCUT2D eigenvalue weighted by Gasteiger charge is -2.15. The van der Waals surface area contributed by atoms with Crippen molar-refractivity contribution < 1.29 is 13.9 Å². The largest absolute Gasteiger partial charge is 0.382 e. The Hall–Kier alpha value is -1.42. The zero-order valence-corrected chi connectivity index (χ0v) is 18.3. The number of aliphatic imine (C=N–C) groups is 1. The number of hydrogen-bond donors (Lipinski definition) is 2. The predicted octanol–water partition coefficient (Wildman–Crippen LogP) is 2.30. The van der Waals surface area contributed by atoms with Crippen molar-refractivity contribution in [3.05, 3.63) is 35.1 Å². The van der Waals surface area contributed by atoms with Gasteiger partial charge in [-0.25, -0.2) is 9.38 Å². The Morgan fingerprint density at radius 2 is 2.04 bits per heavy atom. The highest BCUT2D eigenvalue weighted by Crippen LogP contribution is 2.09. The first-order valence-corrected chi connectivity index (χ1v) is 8.49. The van der Waals surface area contributed by atoms with Crippen LogP contribution >= 0.6 is 24.0 Å². The van der Waals surface area contributed by atoms with E-state index in [-0.39, 0.29) is 42.2 Å². The van der Waals surface area contributed by atoms with Crippen LogP contribution in [-0.4, -0.2) is 57.2 Å². The molecule has 1 aromatic carbocycles. The predicted molar refractivity (Wildman–Crippen MR) is 114 cm³/mol. The molecule has 0 fully saturated rings. The average Bonchev–Trinajstić information content (AvgIpc) is 2.58. The molecule has 0 spiro atoms. The summed E-state index contributed by atoms with van der Waals surface area (Å²) in [5, 5.41) is 6.20. The van der Waals surface area contributed by atoms with E-state index in [1.54, 1.807) is 33.2 Å². The maximum absolute atomic E-state index is 13.3. The molecule has 1 amide bonds. The minimum atomic E-state index is -0.225. The fourth-order valence-corrected chi connectivity index (χ4v) is 1.99. The number of hydrogen-bond acceptors (Lipinski definition) is 3. The van der Waals surface area contributed by atoms with E-state index in [0.717, 1.165) is 12.0 Å². The molecular formula is C18H30FIN4O2. The van der Waals surface area contributed by atoms with E-state index in [9.17, 15) is 9.18 Å². The van der Waals surface area contributed by atoms with E-state index in [4.69, 9.17) is 4.74 Å². The molecule has 26 heavy (non-hydrogen) atoms. The molecule has 6 nitrogen and oxygen atoms in total. The summed E-state index contributed by atoms with van der Waals surface area (Å²) in [6.07, 6.45) is 0.839. The maximum atomic E-state index is 13.3. The highest BCUT2D eigenvalue weighted by Gasteiger charge is 2.06. The summed E-state index contributed by atoms with van der Waals surface area (Å²) in [6.45, 7) is 6.29. The van der Waals surface area contributed by atoms with Gasteiger partial charge in [0.1, 0.15) is 5.82 Å². The van der Waals surface area contributed by atoms with Gasteiger partial charge in [0.15, 0.2) is 5.96 Å². The average molecular weight is 480 g/mol. The Morgan fingerprint density at radius 1 is 1.31 bits per heavy atom. The smallest absolute Gasteiger partial charge is 0.241 e. The van der Waals surface area contributed by atoms with Gasteiger partial charge in [0, 0.05) is 33.9 Å². The molecule has 148 valence electrons. The molecule has 0 unspecified atom stereocenters. The molecular weight excluding hydrogens is 450 g/mol. The van der Waals surface area contributed by atoms with E-state index in [2.05, 4.69) is 15.6 Å². The van der Waals surface area contributed by atoms with Crippen LogP contribution in [0, 0.1) is 12.7 Å². The van der Waals surface area contributed by atoms with Gasteiger partial charge in [-0.15, -0.1) is 24.0 Å². The molecule has 0 aliphatic heterocycles. The van der Waals surface area contributed by atoms with Gasteiger partial charge in [0.25, 0.3) is 0 Å². The van der Waals surface area contributed by atoms with Gasteiger partial charge in [-0.1, -0.05) is 12.1 Å². The number of likely N-dealkylation sites (N-methyl/N-ethyl adjacent to an activating group) is 1. The summed E-state index contributed by atoms with van der Waals surface area (Å²) in [5.74, 6) is 0.284. The Bertz CT molecular complexity index is 582. The number of carbonyl (C=O) groups is 1. The number of carbonyl (C=O) groups excluding carboxylic acids is 1. The molecule has 0 heterocycles. The Morgan fingerprint density at radius 3 is 2.65 bits per heavy atom. The van der Waals surface area contributed by atoms with E-state index >= 15 is 0 Å². The highest BCUT2D eigenvalue weighted by atomic mass is 127. The van der Waals surface area contributed by atoms with Crippen molar-refractivity contribution in [2.45, 2.75) is 26.8 Å². The summed E-state index contributed by atoms with van der Waals surface area (Å²) in [5.41, 5.74) is 1.50. The van der Waals surface area contributed by atoms with Gasteiger partial charge < -0.3 is 20.3 Å². The monoisotopic (exact) mass is 480 g/mol. The van der Waals surface area contributed by atoms with E-state index in [1.165, 1.54) is 11.0 Å². The number of aryl methyl sites for hydroxylation is 1. The molecule has 0 bridgehead atoms. The Labute approximate surface area is 172 Å². The number of nitrogens with one attached hydrogen (secondary N) is 2. The van der Waals surface area contributed by atoms with E-state index in [1.807, 2.05) is 6.92 Å². The number of rotatable bonds is 9. The van der Waals surface area contributed by atoms with Crippen LogP contribution in [0.25, 0.3) is 0 Å². The molecule has 0 aromatic heterocycles. The van der Waals surface area contributed by atoms with Gasteiger partial charge in [0.2, 0.25) is 5.91 Å². The zero-order valence-electron chi connectivity index (χ0n) is 16.0. The van der Waals surface area contributed by atoms with Crippen LogP contribution in [-0.2, 0) is 16.1 Å². The number of guanidine groups is 1. The van der Waals surface area contributed by atoms with Crippen LogP contribution in [0.1, 0.15) is 24.5 Å². The molecule has 0 aliphatic rings. The third-order valence-electron chi connectivity index (χ3n) is 3.51. The first kappa shape index (κ1) is 24.6. The van der Waals surface area contributed by atoms with Crippen molar-refractivity contribution in [2.24, 2.45) is 4.99 Å². The Kier molecular flexibility index (Phi) is 13.0. The van der Waals surface area contributed by atoms with Crippen molar-refractivity contribution in [2.75, 3.05) is 40.4 Å². The van der Waals surface area contributed by atoms with Crippen LogP contribution in [0.2, 0.25) is 0 Å². The number of benzene rings is 1. The molecule has 0 aliphatic carbocycles. The van der Waals surface area contributed by atoms with Gasteiger partial charge in [0.05, 0.1) is 13.1 Å². The summed E-state index contributed by atoms with van der Waals surface area (Å²) in [4.78, 5) is 17.7. The number of halogens is 2. The molecule has 0 saturated carbocycles. The van der Waals surface area contributed by atoms with Gasteiger partial charge in [-0.3, -0.25) is 4.79 Å². The summed E-state index contributed by atoms with van der Waals surface area (Å²) in [7, 11) is 3.41. The van der Waals surface area contributed by atoms with Crippen LogP contribution < -0.4 is 10.6 Å². The highest BCUT2D eigenvalue weighted by molar-refractivity contribution is 14.0. The van der Waals surface area contributed by atoms with Crippen molar-refractivity contribution >= 4 is 35.8 Å². The minimum absolute atomic E-state index is 0. The second-order valence-corrected chi connectivity index (χ2v) is 5.87. The minimum Gasteiger partial charge on any atom is -0.382 e. The summed E-state index contributed by atoms with van der Waals surface area (Å²) < 4.78 is 18.6. The SMILES string of the molecule is CCOCCCNC(=NCc1ccc(F)c(C)c1)NCC(=O)N(C)C.I. The quantitative estimate of drug-likeness (QED) is 0.247. The number of ether oxygens (including phenoxy) is 1. The number of amides is 1. The Balaban J connectivity index is 0.00000625. The third-order valence-corrected chi connectivity index (χ3v) is 3.51. The third kappa shape index (κ3) is 9.91. The first-order valence-electron chi connectivity index (χ1n) is 8.49. The van der Waals surface area contributed by atoms with Crippen molar-refractivity contribution in [1.82, 2.24) is 15.5 Å². The first-order chi connectivity index (χ1) is 11.9. The normalized spacial score (nSPS) is 10.9. The summed E-state index contributed by atoms with van der Waals surface area (Å²) >= 11 is 0. The lowest BCUT2D eigenvalue weighted by molar-refractivity contribution is -0.127. The molecule has 8 heteroatoms. The van der Waals surface area contributed by atoms with Crippen LogP contribution in [0.3, 0.4) is 0 Å². The topological polar surface area (TPSA) is 66.0 Å². The van der Waals surface area contributed by atoms with Gasteiger partial charge in [-0.2, -0.15) is 0 Å². The molecule has 1 rings (SSSR count). The van der Waals surface area contributed by atoms with Crippen molar-refractivity contribution in [3.8, 4) is 0 Å². The van der Waals surface area contributed by atoms with Crippen LogP contribution in [0.5, 0.6) is 0 Å². The van der Waals surface area contributed by atoms with Gasteiger partial charge in [-0.05, 0) is 37.5 Å². The fraction of sp³-hybridized carbons (Fsp3) is 0.556. The van der Waals surface area contributed by atoms with Crippen molar-refractivity contribution in [3.63, 3.8) is 0 Å². The van der Waals surface area contributed by atoms with Crippen LogP contribution in [0.4, 0.5) is 4.39 Å². The van der Waals surface area contributed by atoms with Crippen molar-refractivity contribution in [1.29, 1.82) is 0 Å². The van der Waals surface area contributed by atoms with Gasteiger partial charge >= 0.3 is 0 Å². The lowest BCUT2D eigenvalue weighted by Crippen LogP contribution is -2.43. The molecule has 0 radical (unpaired) electrons. The molecule has 2 N–H and O–H groups in total. The molecule has 0 saturated heterocycles. The zero-order chi connectivity index (χ0) is 18.7. The second-order valence-electron chi connectivity index (χ2n) is 5.87. The van der Waals surface area contributed by atoms with E-state index < -0.39 is 0 Å². The molecule has 1 aromatic rings. The maximum Gasteiger partial charge on any atom is 0.241 e. The lowest BCUT2D eigenvalue weighted by atomic mass is 10.1. The fourth-order valence-electron chi connectivity index (χ4n) is 1.99. The standard InChI is InChI=1S/C18H29FN4O2.HI/c1-5-25-10-6-9-20-18(22-13-17(24)23(3)4)21-12-15-7-8-16(19)14(2)11-15;/h7-8,11H,5-6,9-10,12-13H2,1-4H3,(H2,20,21,22);1H. The van der Waals surface area contributed by atoms with Crippen LogP contribution in [0.15, 0.2) is 23.2 Å². The molecule has 0 atom stereocenters.